The van der Waals surface area contributed by atoms with E-state index in [1.54, 1.807) is 19.2 Å². The molecule has 1 fully saturated rings. The monoisotopic (exact) mass is 476 g/mol. The Labute approximate surface area is 196 Å². The number of rotatable bonds is 9. The summed E-state index contributed by atoms with van der Waals surface area (Å²) >= 11 is 5.99. The van der Waals surface area contributed by atoms with Crippen molar-refractivity contribution in [3.05, 3.63) is 61.5 Å². The van der Waals surface area contributed by atoms with Crippen molar-refractivity contribution in [3.63, 3.8) is 0 Å². The second-order valence-electron chi connectivity index (χ2n) is 8.12. The molecule has 1 aromatic carbocycles. The number of aryl methyl sites for hydroxylation is 2. The fraction of sp³-hybridized carbons (Fsp3) is 0.522. The van der Waals surface area contributed by atoms with Gasteiger partial charge in [0.15, 0.2) is 17.5 Å². The van der Waals surface area contributed by atoms with Crippen LogP contribution in [0.1, 0.15) is 30.7 Å². The fourth-order valence-corrected chi connectivity index (χ4v) is 4.11. The minimum Gasteiger partial charge on any atom is -0.377 e. The second kappa shape index (κ2) is 10.6. The molecule has 0 aliphatic carbocycles. The number of ether oxygens (including phenoxy) is 3. The third-order valence-corrected chi connectivity index (χ3v) is 6.06. The van der Waals surface area contributed by atoms with E-state index in [-0.39, 0.29) is 25.0 Å². The van der Waals surface area contributed by atoms with Crippen molar-refractivity contribution in [2.24, 2.45) is 7.05 Å². The van der Waals surface area contributed by atoms with Crippen LogP contribution >= 0.6 is 11.6 Å². The topological polar surface area (TPSA) is 89.5 Å². The van der Waals surface area contributed by atoms with Crippen molar-refractivity contribution >= 4 is 22.8 Å². The Kier molecular flexibility index (Phi) is 7.64. The molecule has 0 amide bonds. The van der Waals surface area contributed by atoms with E-state index in [0.717, 1.165) is 31.4 Å². The van der Waals surface area contributed by atoms with Gasteiger partial charge in [-0.15, -0.1) is 0 Å². The molecule has 10 heteroatoms. The summed E-state index contributed by atoms with van der Waals surface area (Å²) in [7, 11) is 1.62. The van der Waals surface area contributed by atoms with Gasteiger partial charge < -0.3 is 18.8 Å². The van der Waals surface area contributed by atoms with Crippen LogP contribution in [0.4, 0.5) is 0 Å². The molecule has 1 aliphatic heterocycles. The van der Waals surface area contributed by atoms with Crippen LogP contribution in [0.5, 0.6) is 0 Å². The summed E-state index contributed by atoms with van der Waals surface area (Å²) in [5, 5.41) is 0.646. The Bertz CT molecular complexity index is 1210. The minimum absolute atomic E-state index is 0.145. The van der Waals surface area contributed by atoms with Gasteiger partial charge in [0.1, 0.15) is 5.82 Å². The van der Waals surface area contributed by atoms with Crippen molar-refractivity contribution in [3.8, 4) is 0 Å². The number of imidazole rings is 1. The molecule has 0 bridgehead atoms. The molecule has 1 unspecified atom stereocenters. The zero-order chi connectivity index (χ0) is 23.4. The number of aromatic nitrogens is 4. The molecule has 0 spiro atoms. The predicted molar refractivity (Wildman–Crippen MR) is 125 cm³/mol. The van der Waals surface area contributed by atoms with E-state index in [1.807, 2.05) is 23.6 Å². The van der Waals surface area contributed by atoms with E-state index in [9.17, 15) is 9.59 Å². The van der Waals surface area contributed by atoms with E-state index in [0.29, 0.717) is 41.8 Å². The zero-order valence-corrected chi connectivity index (χ0v) is 19.7. The van der Waals surface area contributed by atoms with E-state index in [4.69, 9.17) is 25.8 Å². The van der Waals surface area contributed by atoms with Gasteiger partial charge in [-0.2, -0.15) is 0 Å². The first kappa shape index (κ1) is 23.7. The first-order chi connectivity index (χ1) is 16.0. The van der Waals surface area contributed by atoms with Gasteiger partial charge >= 0.3 is 5.69 Å². The maximum Gasteiger partial charge on any atom is 0.332 e. The molecule has 0 saturated carbocycles. The largest absolute Gasteiger partial charge is 0.377 e. The van der Waals surface area contributed by atoms with Crippen molar-refractivity contribution in [1.82, 2.24) is 18.7 Å². The smallest absolute Gasteiger partial charge is 0.332 e. The molecule has 1 atom stereocenters. The molecule has 9 nitrogen and oxygen atoms in total. The quantitative estimate of drug-likeness (QED) is 0.441. The number of hydrogen-bond donors (Lipinski definition) is 0. The molecule has 3 aromatic rings. The molecule has 2 aromatic heterocycles. The summed E-state index contributed by atoms with van der Waals surface area (Å²) in [6.45, 7) is 4.14. The third kappa shape index (κ3) is 5.38. The molecule has 4 rings (SSSR count). The summed E-state index contributed by atoms with van der Waals surface area (Å²) in [4.78, 5) is 30.6. The molecule has 178 valence electrons. The highest BCUT2D eigenvalue weighted by Crippen LogP contribution is 2.16. The first-order valence-corrected chi connectivity index (χ1v) is 11.6. The molecule has 0 N–H and O–H groups in total. The highest BCUT2D eigenvalue weighted by Gasteiger charge is 2.19. The van der Waals surface area contributed by atoms with Crippen molar-refractivity contribution in [1.29, 1.82) is 0 Å². The standard InChI is InChI=1S/C23H29ClN4O5/c1-16-25-21-20(28(16)15-17-6-8-18(24)9-7-17)22(29)27(23(30)26(21)2)10-12-31-13-14-33-19-5-3-4-11-32-19/h6-9,19H,3-5,10-15H2,1-2H3. The average molecular weight is 477 g/mol. The highest BCUT2D eigenvalue weighted by molar-refractivity contribution is 6.30. The summed E-state index contributed by atoms with van der Waals surface area (Å²) in [6.07, 6.45) is 2.91. The van der Waals surface area contributed by atoms with Gasteiger partial charge in [-0.05, 0) is 43.9 Å². The number of benzene rings is 1. The molecular weight excluding hydrogens is 448 g/mol. The van der Waals surface area contributed by atoms with Crippen LogP contribution in [0.25, 0.3) is 11.2 Å². The molecule has 1 aliphatic rings. The maximum absolute atomic E-state index is 13.3. The predicted octanol–water partition coefficient (Wildman–Crippen LogP) is 2.47. The van der Waals surface area contributed by atoms with E-state index in [2.05, 4.69) is 4.98 Å². The number of nitrogens with zero attached hydrogens (tertiary/aromatic N) is 4. The van der Waals surface area contributed by atoms with Gasteiger partial charge in [-0.1, -0.05) is 23.7 Å². The Balaban J connectivity index is 1.47. The average Bonchev–Trinajstić information content (AvgIpc) is 3.15. The van der Waals surface area contributed by atoms with E-state index < -0.39 is 5.69 Å². The fourth-order valence-electron chi connectivity index (χ4n) is 3.98. The third-order valence-electron chi connectivity index (χ3n) is 5.81. The lowest BCUT2D eigenvalue weighted by atomic mass is 10.2. The van der Waals surface area contributed by atoms with Crippen LogP contribution in [-0.4, -0.2) is 51.4 Å². The summed E-state index contributed by atoms with van der Waals surface area (Å²) in [5.41, 5.74) is 0.945. The van der Waals surface area contributed by atoms with Crippen LogP contribution in [0.3, 0.4) is 0 Å². The summed E-state index contributed by atoms with van der Waals surface area (Å²) in [6, 6.07) is 7.42. The lowest BCUT2D eigenvalue weighted by Crippen LogP contribution is -2.40. The summed E-state index contributed by atoms with van der Waals surface area (Å²) < 4.78 is 21.2. The molecule has 33 heavy (non-hydrogen) atoms. The maximum atomic E-state index is 13.3. The lowest BCUT2D eigenvalue weighted by Gasteiger charge is -2.22. The van der Waals surface area contributed by atoms with Gasteiger partial charge in [0, 0.05) is 25.2 Å². The van der Waals surface area contributed by atoms with Crippen molar-refractivity contribution < 1.29 is 14.2 Å². The van der Waals surface area contributed by atoms with Crippen LogP contribution in [0, 0.1) is 6.92 Å². The number of halogens is 1. The molecule has 1 saturated heterocycles. The minimum atomic E-state index is -0.418. The molecule has 0 radical (unpaired) electrons. The molecular formula is C23H29ClN4O5. The summed E-state index contributed by atoms with van der Waals surface area (Å²) in [5.74, 6) is 0.656. The Morgan fingerprint density at radius 2 is 1.91 bits per heavy atom. The van der Waals surface area contributed by atoms with Gasteiger partial charge in [-0.3, -0.25) is 13.9 Å². The Morgan fingerprint density at radius 1 is 1.12 bits per heavy atom. The van der Waals surface area contributed by atoms with Crippen LogP contribution in [0.2, 0.25) is 5.02 Å². The van der Waals surface area contributed by atoms with Crippen LogP contribution in [-0.2, 0) is 34.3 Å². The normalized spacial score (nSPS) is 16.5. The van der Waals surface area contributed by atoms with E-state index in [1.165, 1.54) is 9.13 Å². The number of fused-ring (bicyclic) bond motifs is 1. The van der Waals surface area contributed by atoms with E-state index >= 15 is 0 Å². The van der Waals surface area contributed by atoms with Gasteiger partial charge in [0.25, 0.3) is 5.56 Å². The molecule has 3 heterocycles. The Hall–Kier alpha value is -2.46. The second-order valence-corrected chi connectivity index (χ2v) is 8.56. The van der Waals surface area contributed by atoms with Gasteiger partial charge in [0.2, 0.25) is 0 Å². The first-order valence-electron chi connectivity index (χ1n) is 11.2. The van der Waals surface area contributed by atoms with Crippen LogP contribution in [0.15, 0.2) is 33.9 Å². The highest BCUT2D eigenvalue weighted by atomic mass is 35.5. The number of hydrogen-bond acceptors (Lipinski definition) is 6. The van der Waals surface area contributed by atoms with Crippen molar-refractivity contribution in [2.45, 2.75) is 45.6 Å². The van der Waals surface area contributed by atoms with Crippen molar-refractivity contribution in [2.75, 3.05) is 26.4 Å². The lowest BCUT2D eigenvalue weighted by molar-refractivity contribution is -0.169. The zero-order valence-electron chi connectivity index (χ0n) is 19.0. The van der Waals surface area contributed by atoms with Gasteiger partial charge in [-0.25, -0.2) is 9.78 Å². The van der Waals surface area contributed by atoms with Gasteiger partial charge in [0.05, 0.1) is 26.4 Å². The Morgan fingerprint density at radius 3 is 2.64 bits per heavy atom. The SMILES string of the molecule is Cc1nc2c(c(=O)n(CCOCCOC3CCCCO3)c(=O)n2C)n1Cc1ccc(Cl)cc1. The van der Waals surface area contributed by atoms with Crippen LogP contribution < -0.4 is 11.2 Å².